The van der Waals surface area contributed by atoms with Crippen LogP contribution in [0.4, 0.5) is 0 Å². The predicted octanol–water partition coefficient (Wildman–Crippen LogP) is 5.24. The van der Waals surface area contributed by atoms with Crippen LogP contribution in [0.15, 0.2) is 47.4 Å². The molecular weight excluding hydrogens is 488 g/mol. The fourth-order valence-corrected chi connectivity index (χ4v) is 7.21. The monoisotopic (exact) mass is 528 g/mol. The van der Waals surface area contributed by atoms with Gasteiger partial charge in [0.1, 0.15) is 22.5 Å². The Morgan fingerprint density at radius 3 is 2.41 bits per heavy atom. The van der Waals surface area contributed by atoms with E-state index in [1.54, 1.807) is 34.5 Å². The fraction of sp³-hybridized carbons (Fsp3) is 0.552. The van der Waals surface area contributed by atoms with Crippen LogP contribution in [0.3, 0.4) is 0 Å². The molecule has 2 aliphatic rings. The summed E-state index contributed by atoms with van der Waals surface area (Å²) in [6, 6.07) is 12.4. The average Bonchev–Trinajstić information content (AvgIpc) is 2.87. The van der Waals surface area contributed by atoms with Crippen LogP contribution < -0.4 is 9.47 Å². The van der Waals surface area contributed by atoms with Crippen LogP contribution in [0.5, 0.6) is 11.5 Å². The van der Waals surface area contributed by atoms with Crippen LogP contribution in [-0.2, 0) is 15.4 Å². The van der Waals surface area contributed by atoms with Crippen LogP contribution in [-0.4, -0.2) is 62.9 Å². The molecule has 4 rings (SSSR count). The van der Waals surface area contributed by atoms with Gasteiger partial charge in [0.15, 0.2) is 0 Å². The standard InChI is InChI=1S/C29H40N2O5S/c1-29(2,3)21-16-17-26(35-5)27(20-21)37(33,34)31-19-11-10-18-30(4)28(32)22-12-6-8-14-24(22)36-25-15-9-7-13-23(25)31/h6,8,12,14,16-17,20,23,25H,7,9-11,13,15,18-19H2,1-5H3/t23-,25+/m1/s1. The molecule has 8 heteroatoms. The number of rotatable bonds is 3. The highest BCUT2D eigenvalue weighted by Gasteiger charge is 2.40. The van der Waals surface area contributed by atoms with Gasteiger partial charge in [-0.2, -0.15) is 4.31 Å². The molecule has 2 aromatic rings. The van der Waals surface area contributed by atoms with Gasteiger partial charge in [-0.15, -0.1) is 0 Å². The number of ether oxygens (including phenoxy) is 2. The lowest BCUT2D eigenvalue weighted by atomic mass is 9.87. The summed E-state index contributed by atoms with van der Waals surface area (Å²) < 4.78 is 42.5. The number of sulfonamides is 1. The van der Waals surface area contributed by atoms with Crippen molar-refractivity contribution in [3.05, 3.63) is 53.6 Å². The minimum Gasteiger partial charge on any atom is -0.495 e. The Hall–Kier alpha value is -2.58. The average molecular weight is 529 g/mol. The Morgan fingerprint density at radius 1 is 0.973 bits per heavy atom. The van der Waals surface area contributed by atoms with Crippen molar-refractivity contribution in [1.29, 1.82) is 0 Å². The molecule has 1 amide bonds. The van der Waals surface area contributed by atoms with Gasteiger partial charge in [0.25, 0.3) is 5.91 Å². The van der Waals surface area contributed by atoms with Crippen molar-refractivity contribution in [3.8, 4) is 11.5 Å². The number of para-hydroxylation sites is 1. The van der Waals surface area contributed by atoms with Gasteiger partial charge in [-0.3, -0.25) is 4.79 Å². The van der Waals surface area contributed by atoms with E-state index in [4.69, 9.17) is 9.47 Å². The zero-order chi connectivity index (χ0) is 26.8. The van der Waals surface area contributed by atoms with Gasteiger partial charge < -0.3 is 14.4 Å². The van der Waals surface area contributed by atoms with Gasteiger partial charge in [0, 0.05) is 20.1 Å². The Kier molecular flexibility index (Phi) is 8.19. The molecule has 0 unspecified atom stereocenters. The summed E-state index contributed by atoms with van der Waals surface area (Å²) in [7, 11) is -0.605. The molecule has 1 fully saturated rings. The number of amides is 1. The van der Waals surface area contributed by atoms with Crippen molar-refractivity contribution in [3.63, 3.8) is 0 Å². The van der Waals surface area contributed by atoms with E-state index in [0.717, 1.165) is 24.8 Å². The van der Waals surface area contributed by atoms with Crippen molar-refractivity contribution in [2.45, 2.75) is 81.8 Å². The second-order valence-corrected chi connectivity index (χ2v) is 13.0. The lowest BCUT2D eigenvalue weighted by Gasteiger charge is -2.40. The number of benzene rings is 2. The number of carbonyl (C=O) groups excluding carboxylic acids is 1. The molecule has 202 valence electrons. The third-order valence-corrected chi connectivity index (χ3v) is 9.46. The van der Waals surface area contributed by atoms with Crippen LogP contribution in [0, 0.1) is 0 Å². The fourth-order valence-electron chi connectivity index (χ4n) is 5.31. The molecule has 1 aliphatic carbocycles. The first kappa shape index (κ1) is 27.5. The molecule has 0 saturated heterocycles. The van der Waals surface area contributed by atoms with E-state index < -0.39 is 10.0 Å². The number of fused-ring (bicyclic) bond motifs is 2. The molecule has 1 saturated carbocycles. The molecule has 1 heterocycles. The molecular formula is C29H40N2O5S. The second-order valence-electron chi connectivity index (χ2n) is 11.2. The summed E-state index contributed by atoms with van der Waals surface area (Å²) in [5, 5.41) is 0. The molecule has 0 bridgehead atoms. The quantitative estimate of drug-likeness (QED) is 0.545. The van der Waals surface area contributed by atoms with Crippen molar-refractivity contribution in [1.82, 2.24) is 9.21 Å². The van der Waals surface area contributed by atoms with Gasteiger partial charge in [0.2, 0.25) is 10.0 Å². The van der Waals surface area contributed by atoms with E-state index in [-0.39, 0.29) is 28.4 Å². The van der Waals surface area contributed by atoms with Crippen LogP contribution in [0.25, 0.3) is 0 Å². The van der Waals surface area contributed by atoms with Gasteiger partial charge >= 0.3 is 0 Å². The molecule has 37 heavy (non-hydrogen) atoms. The molecule has 0 N–H and O–H groups in total. The van der Waals surface area contributed by atoms with E-state index >= 15 is 0 Å². The van der Waals surface area contributed by atoms with Crippen LogP contribution in [0.1, 0.15) is 75.2 Å². The number of nitrogens with zero attached hydrogens (tertiary/aromatic N) is 2. The number of methoxy groups -OCH3 is 1. The van der Waals surface area contributed by atoms with Crippen molar-refractivity contribution in [2.75, 3.05) is 27.2 Å². The van der Waals surface area contributed by atoms with E-state index in [1.807, 2.05) is 24.3 Å². The van der Waals surface area contributed by atoms with Crippen LogP contribution in [0.2, 0.25) is 0 Å². The maximum atomic E-state index is 14.4. The largest absolute Gasteiger partial charge is 0.495 e. The summed E-state index contributed by atoms with van der Waals surface area (Å²) in [5.74, 6) is 0.793. The van der Waals surface area contributed by atoms with Crippen molar-refractivity contribution < 1.29 is 22.7 Å². The first-order chi connectivity index (χ1) is 17.5. The van der Waals surface area contributed by atoms with E-state index in [9.17, 15) is 13.2 Å². The summed E-state index contributed by atoms with van der Waals surface area (Å²) in [5.41, 5.74) is 1.24. The second kappa shape index (κ2) is 11.0. The Morgan fingerprint density at radius 2 is 1.68 bits per heavy atom. The number of hydrogen-bond acceptors (Lipinski definition) is 5. The molecule has 2 aromatic carbocycles. The predicted molar refractivity (Wildman–Crippen MR) is 145 cm³/mol. The number of hydrogen-bond donors (Lipinski definition) is 0. The van der Waals surface area contributed by atoms with E-state index in [0.29, 0.717) is 49.4 Å². The Bertz CT molecular complexity index is 1220. The van der Waals surface area contributed by atoms with Gasteiger partial charge in [-0.05, 0) is 67.3 Å². The topological polar surface area (TPSA) is 76.2 Å². The molecule has 0 radical (unpaired) electrons. The molecule has 0 aromatic heterocycles. The van der Waals surface area contributed by atoms with Crippen molar-refractivity contribution in [2.24, 2.45) is 0 Å². The lowest BCUT2D eigenvalue weighted by Crippen LogP contribution is -2.51. The van der Waals surface area contributed by atoms with Crippen LogP contribution >= 0.6 is 0 Å². The van der Waals surface area contributed by atoms with Gasteiger partial charge in [0.05, 0.1) is 18.7 Å². The highest BCUT2D eigenvalue weighted by atomic mass is 32.2. The van der Waals surface area contributed by atoms with Gasteiger partial charge in [-0.1, -0.05) is 45.4 Å². The maximum absolute atomic E-state index is 14.4. The minimum atomic E-state index is -3.90. The minimum absolute atomic E-state index is 0.0725. The Balaban J connectivity index is 1.80. The maximum Gasteiger partial charge on any atom is 0.257 e. The van der Waals surface area contributed by atoms with E-state index in [2.05, 4.69) is 20.8 Å². The normalized spacial score (nSPS) is 22.2. The third-order valence-electron chi connectivity index (χ3n) is 7.52. The van der Waals surface area contributed by atoms with Crippen molar-refractivity contribution >= 4 is 15.9 Å². The molecule has 0 spiro atoms. The zero-order valence-electron chi connectivity index (χ0n) is 22.7. The van der Waals surface area contributed by atoms with E-state index in [1.165, 1.54) is 7.11 Å². The molecule has 7 nitrogen and oxygen atoms in total. The summed E-state index contributed by atoms with van der Waals surface area (Å²) >= 11 is 0. The molecule has 2 atom stereocenters. The Labute approximate surface area is 221 Å². The highest BCUT2D eigenvalue weighted by molar-refractivity contribution is 7.89. The summed E-state index contributed by atoms with van der Waals surface area (Å²) in [6.07, 6.45) is 4.32. The van der Waals surface area contributed by atoms with Gasteiger partial charge in [-0.25, -0.2) is 8.42 Å². The zero-order valence-corrected chi connectivity index (χ0v) is 23.5. The molecule has 1 aliphatic heterocycles. The smallest absolute Gasteiger partial charge is 0.257 e. The lowest BCUT2D eigenvalue weighted by molar-refractivity contribution is 0.0657. The third kappa shape index (κ3) is 5.80. The summed E-state index contributed by atoms with van der Waals surface area (Å²) in [6.45, 7) is 7.11. The summed E-state index contributed by atoms with van der Waals surface area (Å²) in [4.78, 5) is 15.0. The first-order valence-corrected chi connectivity index (χ1v) is 14.7. The first-order valence-electron chi connectivity index (χ1n) is 13.3. The SMILES string of the molecule is COc1ccc(C(C)(C)C)cc1S(=O)(=O)N1CCCCN(C)C(=O)c2ccccc2O[C@H]2CCCC[C@H]21. The number of carbonyl (C=O) groups is 1. The highest BCUT2D eigenvalue weighted by Crippen LogP contribution is 2.37.